The fourth-order valence-electron chi connectivity index (χ4n) is 4.48. The van der Waals surface area contributed by atoms with Crippen molar-refractivity contribution >= 4 is 52.3 Å². The monoisotopic (exact) mass is 557 g/mol. The number of nitrogens with zero attached hydrogens (tertiary/aromatic N) is 3. The molecule has 0 aliphatic carbocycles. The van der Waals surface area contributed by atoms with Gasteiger partial charge in [-0.25, -0.2) is 0 Å². The van der Waals surface area contributed by atoms with E-state index in [0.29, 0.717) is 38.9 Å². The van der Waals surface area contributed by atoms with Crippen molar-refractivity contribution in [2.75, 3.05) is 27.2 Å². The summed E-state index contributed by atoms with van der Waals surface area (Å²) < 4.78 is 7.19. The van der Waals surface area contributed by atoms with Gasteiger partial charge in [-0.15, -0.1) is 0 Å². The van der Waals surface area contributed by atoms with Gasteiger partial charge in [0.05, 0.1) is 32.5 Å². The van der Waals surface area contributed by atoms with Crippen LogP contribution in [0.3, 0.4) is 0 Å². The molecule has 2 N–H and O–H groups in total. The Morgan fingerprint density at radius 2 is 1.97 bits per heavy atom. The van der Waals surface area contributed by atoms with Crippen LogP contribution in [0.5, 0.6) is 0 Å². The third-order valence-corrected chi connectivity index (χ3v) is 7.62. The number of aromatic nitrogens is 2. The van der Waals surface area contributed by atoms with Crippen LogP contribution in [0, 0.1) is 0 Å². The molecule has 3 heterocycles. The van der Waals surface area contributed by atoms with E-state index in [1.54, 1.807) is 23.9 Å². The zero-order chi connectivity index (χ0) is 25.3. The Kier molecular flexibility index (Phi) is 8.36. The summed E-state index contributed by atoms with van der Waals surface area (Å²) in [7, 11) is 5.86. The highest BCUT2D eigenvalue weighted by molar-refractivity contribution is 6.42. The van der Waals surface area contributed by atoms with E-state index in [1.165, 1.54) is 6.20 Å². The van der Waals surface area contributed by atoms with Crippen molar-refractivity contribution in [3.8, 4) is 11.3 Å². The first-order valence-electron chi connectivity index (χ1n) is 11.2. The SMILES string of the molecule is CN(C)CCC1C[C@@H](c2ccc(Cl)c(Cl)c2)[C@H](NC(=O)c2cc(-c3c(Cl)cnn3C)c(Cl)o2)CN1. The molecular weight excluding hydrogens is 532 g/mol. The van der Waals surface area contributed by atoms with Crippen LogP contribution in [0.2, 0.25) is 20.3 Å². The molecule has 0 spiro atoms. The minimum Gasteiger partial charge on any atom is -0.439 e. The average Bonchev–Trinajstić information content (AvgIpc) is 3.35. The van der Waals surface area contributed by atoms with E-state index < -0.39 is 0 Å². The molecule has 188 valence electrons. The first kappa shape index (κ1) is 26.3. The Labute approximate surface area is 224 Å². The number of carbonyl (C=O) groups excluding carboxylic acids is 1. The topological polar surface area (TPSA) is 75.3 Å². The molecule has 35 heavy (non-hydrogen) atoms. The predicted octanol–water partition coefficient (Wildman–Crippen LogP) is 5.49. The highest BCUT2D eigenvalue weighted by Gasteiger charge is 2.33. The third-order valence-electron chi connectivity index (χ3n) is 6.32. The molecule has 3 aromatic rings. The van der Waals surface area contributed by atoms with Gasteiger partial charge in [-0.2, -0.15) is 5.10 Å². The number of nitrogens with one attached hydrogen (secondary N) is 2. The van der Waals surface area contributed by atoms with Crippen molar-refractivity contribution in [2.24, 2.45) is 7.05 Å². The molecule has 1 amide bonds. The van der Waals surface area contributed by atoms with Crippen molar-refractivity contribution in [1.82, 2.24) is 25.3 Å². The van der Waals surface area contributed by atoms with Crippen LogP contribution in [0.1, 0.15) is 34.9 Å². The molecular formula is C24H27Cl4N5O2. The van der Waals surface area contributed by atoms with E-state index >= 15 is 0 Å². The summed E-state index contributed by atoms with van der Waals surface area (Å²) >= 11 is 25.0. The standard InChI is InChI=1S/C24H27Cl4N5O2/c1-32(2)7-6-14-9-15(13-4-5-17(25)18(26)8-13)20(12-29-14)31-24(34)21-10-16(23(28)35-21)22-19(27)11-30-33(22)3/h4-5,8,10-11,14-15,20,29H,6-7,9,12H2,1-3H3,(H,31,34)/t14?,15-,20+/m0/s1. The lowest BCUT2D eigenvalue weighted by Crippen LogP contribution is -2.54. The summed E-state index contributed by atoms with van der Waals surface area (Å²) in [5.74, 6) is -0.219. The minimum absolute atomic E-state index is 0.0403. The minimum atomic E-state index is -0.361. The smallest absolute Gasteiger partial charge is 0.287 e. The van der Waals surface area contributed by atoms with Crippen molar-refractivity contribution in [2.45, 2.75) is 30.8 Å². The summed E-state index contributed by atoms with van der Waals surface area (Å²) in [6.07, 6.45) is 3.35. The number of piperidine rings is 1. The summed E-state index contributed by atoms with van der Waals surface area (Å²) in [6.45, 7) is 1.57. The van der Waals surface area contributed by atoms with Gasteiger partial charge in [0.15, 0.2) is 5.76 Å². The predicted molar refractivity (Wildman–Crippen MR) is 141 cm³/mol. The van der Waals surface area contributed by atoms with Gasteiger partial charge in [0.2, 0.25) is 5.22 Å². The molecule has 0 saturated carbocycles. The Bertz CT molecular complexity index is 1190. The third kappa shape index (κ3) is 5.98. The molecule has 1 aromatic carbocycles. The molecule has 4 rings (SSSR count). The van der Waals surface area contributed by atoms with E-state index in [0.717, 1.165) is 24.9 Å². The first-order chi connectivity index (χ1) is 16.6. The Balaban J connectivity index is 1.56. The molecule has 1 fully saturated rings. The quantitative estimate of drug-likeness (QED) is 0.401. The lowest BCUT2D eigenvalue weighted by Gasteiger charge is -2.38. The fourth-order valence-corrected chi connectivity index (χ4v) is 5.28. The second-order valence-electron chi connectivity index (χ2n) is 9.06. The lowest BCUT2D eigenvalue weighted by molar-refractivity contribution is 0.0890. The van der Waals surface area contributed by atoms with Crippen molar-refractivity contribution in [3.63, 3.8) is 0 Å². The highest BCUT2D eigenvalue weighted by Crippen LogP contribution is 2.36. The number of hydrogen-bond donors (Lipinski definition) is 2. The van der Waals surface area contributed by atoms with Crippen molar-refractivity contribution < 1.29 is 9.21 Å². The van der Waals surface area contributed by atoms with Crippen LogP contribution >= 0.6 is 46.4 Å². The van der Waals surface area contributed by atoms with E-state index in [1.807, 2.05) is 12.1 Å². The van der Waals surface area contributed by atoms with Gasteiger partial charge >= 0.3 is 0 Å². The number of halogens is 4. The van der Waals surface area contributed by atoms with Crippen LogP contribution in [-0.2, 0) is 7.05 Å². The van der Waals surface area contributed by atoms with Gasteiger partial charge in [0.25, 0.3) is 5.91 Å². The molecule has 0 radical (unpaired) electrons. The van der Waals surface area contributed by atoms with E-state index in [4.69, 9.17) is 50.8 Å². The van der Waals surface area contributed by atoms with Gasteiger partial charge in [0.1, 0.15) is 0 Å². The molecule has 1 aliphatic rings. The zero-order valence-electron chi connectivity index (χ0n) is 19.6. The second kappa shape index (κ2) is 11.1. The van der Waals surface area contributed by atoms with Crippen LogP contribution < -0.4 is 10.6 Å². The largest absolute Gasteiger partial charge is 0.439 e. The number of aryl methyl sites for hydroxylation is 1. The van der Waals surface area contributed by atoms with Gasteiger partial charge in [-0.3, -0.25) is 9.48 Å². The first-order valence-corrected chi connectivity index (χ1v) is 12.8. The molecule has 1 aliphatic heterocycles. The van der Waals surface area contributed by atoms with Crippen LogP contribution in [0.25, 0.3) is 11.3 Å². The normalized spacial score (nSPS) is 20.4. The van der Waals surface area contributed by atoms with Crippen LogP contribution in [0.4, 0.5) is 0 Å². The molecule has 7 nitrogen and oxygen atoms in total. The Hall–Kier alpha value is -1.74. The van der Waals surface area contributed by atoms with Gasteiger partial charge < -0.3 is 20.0 Å². The van der Waals surface area contributed by atoms with Gasteiger partial charge in [-0.05, 0) is 62.8 Å². The van der Waals surface area contributed by atoms with E-state index in [-0.39, 0.29) is 28.8 Å². The summed E-state index contributed by atoms with van der Waals surface area (Å²) in [5.41, 5.74) is 2.12. The second-order valence-corrected chi connectivity index (χ2v) is 10.6. The molecule has 11 heteroatoms. The van der Waals surface area contributed by atoms with E-state index in [2.05, 4.69) is 34.7 Å². The molecule has 1 unspecified atom stereocenters. The maximum atomic E-state index is 13.2. The maximum absolute atomic E-state index is 13.2. The summed E-state index contributed by atoms with van der Waals surface area (Å²) in [6, 6.07) is 7.35. The highest BCUT2D eigenvalue weighted by atomic mass is 35.5. The average molecular weight is 559 g/mol. The molecule has 2 aromatic heterocycles. The van der Waals surface area contributed by atoms with Crippen LogP contribution in [0.15, 0.2) is 34.9 Å². The number of benzene rings is 1. The fraction of sp³-hybridized carbons (Fsp3) is 0.417. The van der Waals surface area contributed by atoms with Crippen molar-refractivity contribution in [3.05, 3.63) is 62.1 Å². The Morgan fingerprint density at radius 3 is 2.63 bits per heavy atom. The number of amides is 1. The van der Waals surface area contributed by atoms with Crippen LogP contribution in [-0.4, -0.2) is 59.9 Å². The number of hydrogen-bond acceptors (Lipinski definition) is 5. The zero-order valence-corrected chi connectivity index (χ0v) is 22.6. The van der Waals surface area contributed by atoms with Crippen molar-refractivity contribution in [1.29, 1.82) is 0 Å². The summed E-state index contributed by atoms with van der Waals surface area (Å²) in [5, 5.41) is 12.3. The maximum Gasteiger partial charge on any atom is 0.287 e. The van der Waals surface area contributed by atoms with Gasteiger partial charge in [0, 0.05) is 37.7 Å². The number of carbonyl (C=O) groups is 1. The summed E-state index contributed by atoms with van der Waals surface area (Å²) in [4.78, 5) is 15.4. The molecule has 3 atom stereocenters. The van der Waals surface area contributed by atoms with Gasteiger partial charge in [-0.1, -0.05) is 40.9 Å². The number of rotatable bonds is 7. The number of furan rings is 1. The molecule has 1 saturated heterocycles. The lowest BCUT2D eigenvalue weighted by atomic mass is 9.81. The Morgan fingerprint density at radius 1 is 1.20 bits per heavy atom. The molecule has 0 bridgehead atoms. The van der Waals surface area contributed by atoms with E-state index in [9.17, 15) is 4.79 Å².